The average Bonchev–Trinajstić information content (AvgIpc) is 2.55. The third-order valence-corrected chi connectivity index (χ3v) is 4.69. The first kappa shape index (κ1) is 12.1. The summed E-state index contributed by atoms with van der Waals surface area (Å²) in [6.07, 6.45) is 3.63. The third kappa shape index (κ3) is 2.84. The second kappa shape index (κ2) is 5.29. The van der Waals surface area contributed by atoms with Crippen molar-refractivity contribution in [3.63, 3.8) is 0 Å². The maximum atomic E-state index is 11.2. The Morgan fingerprint density at radius 2 is 2.38 bits per heavy atom. The standard InChI is InChI=1S/C11H14BrNO2S/c12-10-5-4-9(16-10)8(11(14)15)6-13-7-2-1-3-7/h4-5,7-8,13H,1-3,6H2,(H,14,15). The second-order valence-corrected chi connectivity index (χ2v) is 6.56. The molecule has 0 spiro atoms. The molecule has 1 aliphatic rings. The summed E-state index contributed by atoms with van der Waals surface area (Å²) in [5, 5.41) is 12.5. The Hall–Kier alpha value is -0.390. The topological polar surface area (TPSA) is 49.3 Å². The first-order valence-electron chi connectivity index (χ1n) is 5.38. The number of carbonyl (C=O) groups is 1. The summed E-state index contributed by atoms with van der Waals surface area (Å²) in [7, 11) is 0. The zero-order chi connectivity index (χ0) is 11.5. The lowest BCUT2D eigenvalue weighted by atomic mass is 9.92. The predicted molar refractivity (Wildman–Crippen MR) is 68.0 cm³/mol. The molecule has 0 radical (unpaired) electrons. The molecule has 0 bridgehead atoms. The molecule has 0 aliphatic heterocycles. The van der Waals surface area contributed by atoms with Crippen LogP contribution >= 0.6 is 27.3 Å². The molecule has 2 rings (SSSR count). The van der Waals surface area contributed by atoms with E-state index in [0.29, 0.717) is 12.6 Å². The van der Waals surface area contributed by atoms with E-state index in [9.17, 15) is 9.90 Å². The van der Waals surface area contributed by atoms with Crippen molar-refractivity contribution in [3.8, 4) is 0 Å². The average molecular weight is 304 g/mol. The van der Waals surface area contributed by atoms with Crippen molar-refractivity contribution < 1.29 is 9.90 Å². The van der Waals surface area contributed by atoms with Crippen LogP contribution in [0.4, 0.5) is 0 Å². The summed E-state index contributed by atoms with van der Waals surface area (Å²) >= 11 is 4.86. The van der Waals surface area contributed by atoms with E-state index in [2.05, 4.69) is 21.2 Å². The van der Waals surface area contributed by atoms with Crippen molar-refractivity contribution in [1.82, 2.24) is 5.32 Å². The van der Waals surface area contributed by atoms with Gasteiger partial charge in [-0.25, -0.2) is 0 Å². The molecule has 1 aromatic rings. The number of nitrogens with one attached hydrogen (secondary N) is 1. The molecule has 1 unspecified atom stereocenters. The van der Waals surface area contributed by atoms with Crippen LogP contribution in [0, 0.1) is 0 Å². The zero-order valence-corrected chi connectivity index (χ0v) is 11.2. The summed E-state index contributed by atoms with van der Waals surface area (Å²) in [4.78, 5) is 12.1. The largest absolute Gasteiger partial charge is 0.481 e. The molecule has 0 aromatic carbocycles. The van der Waals surface area contributed by atoms with Gasteiger partial charge in [0.1, 0.15) is 5.92 Å². The van der Waals surface area contributed by atoms with E-state index in [-0.39, 0.29) is 0 Å². The van der Waals surface area contributed by atoms with Gasteiger partial charge in [0.15, 0.2) is 0 Å². The number of carboxylic acids is 1. The molecule has 0 amide bonds. The van der Waals surface area contributed by atoms with Crippen molar-refractivity contribution in [2.75, 3.05) is 6.54 Å². The monoisotopic (exact) mass is 303 g/mol. The van der Waals surface area contributed by atoms with E-state index in [1.165, 1.54) is 30.6 Å². The molecule has 16 heavy (non-hydrogen) atoms. The lowest BCUT2D eigenvalue weighted by Crippen LogP contribution is -2.39. The molecule has 1 atom stereocenters. The number of thiophene rings is 1. The highest BCUT2D eigenvalue weighted by Gasteiger charge is 2.24. The minimum absolute atomic E-state index is 0.420. The first-order chi connectivity index (χ1) is 7.66. The quantitative estimate of drug-likeness (QED) is 0.879. The van der Waals surface area contributed by atoms with Gasteiger partial charge < -0.3 is 10.4 Å². The van der Waals surface area contributed by atoms with Crippen molar-refractivity contribution in [2.45, 2.75) is 31.2 Å². The Labute approximate surface area is 107 Å². The van der Waals surface area contributed by atoms with Gasteiger partial charge in [0.2, 0.25) is 0 Å². The minimum Gasteiger partial charge on any atom is -0.481 e. The van der Waals surface area contributed by atoms with Crippen LogP contribution < -0.4 is 5.32 Å². The molecule has 1 heterocycles. The number of hydrogen-bond donors (Lipinski definition) is 2. The van der Waals surface area contributed by atoms with Gasteiger partial charge in [0, 0.05) is 17.5 Å². The highest BCUT2D eigenvalue weighted by Crippen LogP contribution is 2.29. The molecule has 1 saturated carbocycles. The van der Waals surface area contributed by atoms with Gasteiger partial charge >= 0.3 is 5.97 Å². The van der Waals surface area contributed by atoms with Gasteiger partial charge in [-0.15, -0.1) is 11.3 Å². The fourth-order valence-electron chi connectivity index (χ4n) is 1.72. The van der Waals surface area contributed by atoms with Gasteiger partial charge in [0.05, 0.1) is 3.79 Å². The lowest BCUT2D eigenvalue weighted by Gasteiger charge is -2.27. The summed E-state index contributed by atoms with van der Waals surface area (Å²) in [5.41, 5.74) is 0. The maximum absolute atomic E-state index is 11.2. The number of rotatable bonds is 5. The van der Waals surface area contributed by atoms with Crippen molar-refractivity contribution in [3.05, 3.63) is 20.8 Å². The fraction of sp³-hybridized carbons (Fsp3) is 0.545. The van der Waals surface area contributed by atoms with Gasteiger partial charge in [-0.2, -0.15) is 0 Å². The van der Waals surface area contributed by atoms with Crippen LogP contribution in [0.2, 0.25) is 0 Å². The number of carboxylic acid groups (broad SMARTS) is 1. The molecule has 0 saturated heterocycles. The molecular weight excluding hydrogens is 290 g/mol. The van der Waals surface area contributed by atoms with E-state index in [4.69, 9.17) is 0 Å². The van der Waals surface area contributed by atoms with Crippen LogP contribution in [0.3, 0.4) is 0 Å². The molecule has 5 heteroatoms. The Bertz CT molecular complexity index is 376. The Kier molecular flexibility index (Phi) is 4.00. The summed E-state index contributed by atoms with van der Waals surface area (Å²) in [6, 6.07) is 4.32. The van der Waals surface area contributed by atoms with Crippen LogP contribution in [0.5, 0.6) is 0 Å². The fourth-order valence-corrected chi connectivity index (χ4v) is 3.24. The van der Waals surface area contributed by atoms with Crippen molar-refractivity contribution in [1.29, 1.82) is 0 Å². The summed E-state index contributed by atoms with van der Waals surface area (Å²) < 4.78 is 0.984. The molecule has 88 valence electrons. The highest BCUT2D eigenvalue weighted by molar-refractivity contribution is 9.11. The lowest BCUT2D eigenvalue weighted by molar-refractivity contribution is -0.138. The molecule has 1 aliphatic carbocycles. The molecule has 1 fully saturated rings. The van der Waals surface area contributed by atoms with Crippen LogP contribution in [0.15, 0.2) is 15.9 Å². The van der Waals surface area contributed by atoms with Crippen LogP contribution in [0.1, 0.15) is 30.1 Å². The Morgan fingerprint density at radius 1 is 1.62 bits per heavy atom. The number of aliphatic carboxylic acids is 1. The van der Waals surface area contributed by atoms with Gasteiger partial charge in [-0.3, -0.25) is 4.79 Å². The van der Waals surface area contributed by atoms with Gasteiger partial charge in [-0.05, 0) is 40.9 Å². The van der Waals surface area contributed by atoms with E-state index in [1.807, 2.05) is 12.1 Å². The molecule has 1 aromatic heterocycles. The van der Waals surface area contributed by atoms with Crippen LogP contribution in [-0.4, -0.2) is 23.7 Å². The normalized spacial score (nSPS) is 18.1. The molecule has 3 nitrogen and oxygen atoms in total. The Balaban J connectivity index is 1.96. The highest BCUT2D eigenvalue weighted by atomic mass is 79.9. The molecular formula is C11H14BrNO2S. The first-order valence-corrected chi connectivity index (χ1v) is 6.99. The van der Waals surface area contributed by atoms with E-state index in [0.717, 1.165) is 8.66 Å². The molecule has 2 N–H and O–H groups in total. The summed E-state index contributed by atoms with van der Waals surface area (Å²) in [5.74, 6) is -1.17. The van der Waals surface area contributed by atoms with E-state index < -0.39 is 11.9 Å². The SMILES string of the molecule is O=C(O)C(CNC1CCC1)c1ccc(Br)s1. The van der Waals surface area contributed by atoms with Gasteiger partial charge in [-0.1, -0.05) is 6.42 Å². The number of hydrogen-bond acceptors (Lipinski definition) is 3. The summed E-state index contributed by atoms with van der Waals surface area (Å²) in [6.45, 7) is 0.535. The van der Waals surface area contributed by atoms with E-state index in [1.54, 1.807) is 0 Å². The maximum Gasteiger partial charge on any atom is 0.313 e. The third-order valence-electron chi connectivity index (χ3n) is 2.95. The zero-order valence-electron chi connectivity index (χ0n) is 8.78. The smallest absolute Gasteiger partial charge is 0.313 e. The van der Waals surface area contributed by atoms with Crippen LogP contribution in [0.25, 0.3) is 0 Å². The second-order valence-electron chi connectivity index (χ2n) is 4.07. The van der Waals surface area contributed by atoms with Gasteiger partial charge in [0.25, 0.3) is 0 Å². The predicted octanol–water partition coefficient (Wildman–Crippen LogP) is 2.82. The van der Waals surface area contributed by atoms with Crippen molar-refractivity contribution in [2.24, 2.45) is 0 Å². The van der Waals surface area contributed by atoms with E-state index >= 15 is 0 Å². The van der Waals surface area contributed by atoms with Crippen molar-refractivity contribution >= 4 is 33.2 Å². The Morgan fingerprint density at radius 3 is 2.81 bits per heavy atom. The van der Waals surface area contributed by atoms with Crippen LogP contribution in [-0.2, 0) is 4.79 Å². The minimum atomic E-state index is -0.749. The number of halogens is 1.